The minimum Gasteiger partial charge on any atom is -0.305 e. The molecule has 0 N–H and O–H groups in total. The van der Waals surface area contributed by atoms with E-state index in [1.165, 1.54) is 22.3 Å². The van der Waals surface area contributed by atoms with Crippen molar-refractivity contribution >= 4 is 28.8 Å². The van der Waals surface area contributed by atoms with Gasteiger partial charge in [-0.3, -0.25) is 0 Å². The molecule has 0 saturated heterocycles. The van der Waals surface area contributed by atoms with E-state index in [0.717, 1.165) is 34.0 Å². The summed E-state index contributed by atoms with van der Waals surface area (Å²) in [6, 6.07) is 55.9. The van der Waals surface area contributed by atoms with Crippen molar-refractivity contribution in [2.45, 2.75) is 19.3 Å². The van der Waals surface area contributed by atoms with Crippen LogP contribution in [-0.4, -0.2) is 11.0 Å². The van der Waals surface area contributed by atoms with Gasteiger partial charge in [-0.2, -0.15) is 6.07 Å². The average molecular weight is 732 g/mol. The molecule has 1 aliphatic heterocycles. The van der Waals surface area contributed by atoms with Crippen LogP contribution < -0.4 is 9.15 Å². The molecule has 0 unspecified atom stereocenters. The van der Waals surface area contributed by atoms with Gasteiger partial charge in [-0.05, 0) is 27.3 Å². The third kappa shape index (κ3) is 5.22. The molecule has 6 aromatic rings. The second-order valence-corrected chi connectivity index (χ2v) is 10.9. The van der Waals surface area contributed by atoms with Gasteiger partial charge in [-0.25, -0.2) is 0 Å². The summed E-state index contributed by atoms with van der Waals surface area (Å²) in [7, 11) is 0. The Morgan fingerprint density at radius 3 is 2.09 bits per heavy atom. The van der Waals surface area contributed by atoms with Gasteiger partial charge < -0.3 is 4.98 Å². The van der Waals surface area contributed by atoms with Crippen LogP contribution in [0.4, 0.5) is 22.7 Å². The van der Waals surface area contributed by atoms with Crippen LogP contribution in [0, 0.1) is 12.1 Å². The molecule has 1 aliphatic carbocycles. The second kappa shape index (κ2) is 11.9. The van der Waals surface area contributed by atoms with Gasteiger partial charge in [0.25, 0.3) is 11.4 Å². The summed E-state index contributed by atoms with van der Waals surface area (Å²) in [6.45, 7) is 4.62. The fraction of sp³-hybridized carbons (Fsp3) is 0.0769. The summed E-state index contributed by atoms with van der Waals surface area (Å²) >= 11 is 0. The standard InChI is InChI=1S/C28H21N2.C11H8N.Ir/c1-28(2)24-13-7-6-12-22(24)23-17-16-21(18-25(23)28)30-19-29(20-10-4-3-5-11-20)26-14-8-9-15-27(26)30;1-2-6-10(7-3-1)11-8-4-5-9-12-11;/h3-15,17-18H,1-2H3;1-6,8-9H;/q+1;-1;. The molecule has 1 radical (unpaired) electrons. The van der Waals surface area contributed by atoms with Gasteiger partial charge in [-0.15, -0.1) is 53.1 Å². The molecule has 0 amide bonds. The van der Waals surface area contributed by atoms with Gasteiger partial charge in [0.05, 0.1) is 0 Å². The number of rotatable bonds is 3. The number of benzene rings is 5. The maximum Gasteiger partial charge on any atom is 0.501 e. The average Bonchev–Trinajstić information content (AvgIpc) is 3.56. The molecule has 0 atom stereocenters. The maximum atomic E-state index is 4.22. The Balaban J connectivity index is 0.000000213. The largest absolute Gasteiger partial charge is 0.501 e. The van der Waals surface area contributed by atoms with Crippen LogP contribution in [0.5, 0.6) is 0 Å². The third-order valence-corrected chi connectivity index (χ3v) is 7.97. The van der Waals surface area contributed by atoms with Crippen molar-refractivity contribution in [2.24, 2.45) is 0 Å². The van der Waals surface area contributed by atoms with Crippen molar-refractivity contribution in [3.05, 3.63) is 163 Å². The van der Waals surface area contributed by atoms with Crippen molar-refractivity contribution in [1.29, 1.82) is 0 Å². The molecular formula is C39H29IrN3. The summed E-state index contributed by atoms with van der Waals surface area (Å²) in [5, 5.41) is 0. The topological polar surface area (TPSA) is 18.9 Å². The molecule has 0 spiro atoms. The molecule has 4 heteroatoms. The Bertz CT molecular complexity index is 1940. The Kier molecular flexibility index (Phi) is 7.84. The molecule has 3 nitrogen and oxygen atoms in total. The Morgan fingerprint density at radius 2 is 1.35 bits per heavy atom. The van der Waals surface area contributed by atoms with Crippen molar-refractivity contribution in [2.75, 3.05) is 0 Å². The fourth-order valence-corrected chi connectivity index (χ4v) is 5.84. The van der Waals surface area contributed by atoms with Gasteiger partial charge in [-0.1, -0.05) is 96.8 Å². The van der Waals surface area contributed by atoms with Crippen LogP contribution >= 0.6 is 0 Å². The zero-order chi connectivity index (χ0) is 28.5. The number of hydrogen-bond donors (Lipinski definition) is 0. The number of fused-ring (bicyclic) bond motifs is 4. The first-order valence-corrected chi connectivity index (χ1v) is 14.2. The third-order valence-electron chi connectivity index (χ3n) is 7.97. The Labute approximate surface area is 266 Å². The zero-order valence-corrected chi connectivity index (χ0v) is 26.3. The minimum absolute atomic E-state index is 0. The number of nitrogens with zero attached hydrogens (tertiary/aromatic N) is 3. The first kappa shape index (κ1) is 28.4. The predicted molar refractivity (Wildman–Crippen MR) is 172 cm³/mol. The molecule has 209 valence electrons. The molecule has 5 aromatic carbocycles. The van der Waals surface area contributed by atoms with E-state index in [4.69, 9.17) is 0 Å². The van der Waals surface area contributed by atoms with Crippen molar-refractivity contribution in [3.63, 3.8) is 0 Å². The summed E-state index contributed by atoms with van der Waals surface area (Å²) in [6.07, 6.45) is 1.79. The Morgan fingerprint density at radius 1 is 0.651 bits per heavy atom. The van der Waals surface area contributed by atoms with Crippen LogP contribution in [0.25, 0.3) is 22.4 Å². The second-order valence-electron chi connectivity index (χ2n) is 10.9. The summed E-state index contributed by atoms with van der Waals surface area (Å²) in [5.74, 6) is 0. The van der Waals surface area contributed by atoms with Crippen LogP contribution in [0.1, 0.15) is 25.0 Å². The molecule has 2 heterocycles. The number of pyridine rings is 1. The molecule has 2 aliphatic rings. The van der Waals surface area contributed by atoms with Crippen molar-refractivity contribution in [1.82, 2.24) is 14.1 Å². The van der Waals surface area contributed by atoms with E-state index < -0.39 is 0 Å². The molecule has 0 fully saturated rings. The van der Waals surface area contributed by atoms with E-state index in [0.29, 0.717) is 0 Å². The van der Waals surface area contributed by atoms with Crippen LogP contribution in [0.15, 0.2) is 140 Å². The minimum atomic E-state index is -0.0336. The van der Waals surface area contributed by atoms with Gasteiger partial charge in [0.2, 0.25) is 5.69 Å². The summed E-state index contributed by atoms with van der Waals surface area (Å²) in [4.78, 5) is 4.22. The first-order valence-electron chi connectivity index (χ1n) is 14.2. The van der Waals surface area contributed by atoms with E-state index >= 15 is 0 Å². The molecule has 8 rings (SSSR count). The number of hydrogen-bond acceptors (Lipinski definition) is 1. The smallest absolute Gasteiger partial charge is 0.305 e. The van der Waals surface area contributed by atoms with Gasteiger partial charge in [0.15, 0.2) is 0 Å². The molecule has 0 bridgehead atoms. The predicted octanol–water partition coefficient (Wildman–Crippen LogP) is 9.20. The summed E-state index contributed by atoms with van der Waals surface area (Å²) < 4.78 is 4.25. The Hall–Kier alpha value is -4.72. The van der Waals surface area contributed by atoms with E-state index in [1.54, 1.807) is 6.20 Å². The van der Waals surface area contributed by atoms with E-state index in [-0.39, 0.29) is 25.5 Å². The number of para-hydroxylation sites is 3. The molecular weight excluding hydrogens is 703 g/mol. The van der Waals surface area contributed by atoms with E-state index in [9.17, 15) is 0 Å². The van der Waals surface area contributed by atoms with Gasteiger partial charge in [0.1, 0.15) is 5.69 Å². The normalized spacial score (nSPS) is 13.3. The molecule has 43 heavy (non-hydrogen) atoms. The molecule has 0 saturated carbocycles. The van der Waals surface area contributed by atoms with Crippen LogP contribution in [-0.2, 0) is 25.5 Å². The van der Waals surface area contributed by atoms with Crippen LogP contribution in [0.2, 0.25) is 0 Å². The SMILES string of the molecule is CC1(C)c2ccccc2-c2c[c-]c([N+]3=C=[N+](c4ccccc4)c4ccccc43)cc21.[Ir].[c-]1ccccc1-c1ccccn1. The molecule has 1 aromatic heterocycles. The first-order chi connectivity index (χ1) is 20.6. The van der Waals surface area contributed by atoms with Crippen LogP contribution in [0.3, 0.4) is 0 Å². The summed E-state index contributed by atoms with van der Waals surface area (Å²) in [5.41, 5.74) is 11.7. The van der Waals surface area contributed by atoms with E-state index in [1.807, 2.05) is 48.5 Å². The quantitative estimate of drug-likeness (QED) is 0.131. The number of aromatic nitrogens is 1. The maximum absolute atomic E-state index is 4.22. The zero-order valence-electron chi connectivity index (χ0n) is 24.0. The monoisotopic (exact) mass is 732 g/mol. The van der Waals surface area contributed by atoms with Crippen molar-refractivity contribution < 1.29 is 20.1 Å². The van der Waals surface area contributed by atoms with Gasteiger partial charge in [0, 0.05) is 50.6 Å². The van der Waals surface area contributed by atoms with Crippen molar-refractivity contribution in [3.8, 4) is 22.4 Å². The van der Waals surface area contributed by atoms with E-state index in [2.05, 4.69) is 131 Å². The van der Waals surface area contributed by atoms with Gasteiger partial charge >= 0.3 is 6.01 Å². The fourth-order valence-electron chi connectivity index (χ4n) is 5.84.